The minimum Gasteiger partial charge on any atom is -0.336 e. The van der Waals surface area contributed by atoms with Crippen LogP contribution in [0.4, 0.5) is 0 Å². The molecule has 3 aromatic rings. The Labute approximate surface area is 153 Å². The molecule has 1 saturated heterocycles. The van der Waals surface area contributed by atoms with Gasteiger partial charge in [-0.3, -0.25) is 4.79 Å². The molecule has 1 aliphatic rings. The molecule has 1 fully saturated rings. The molecule has 1 unspecified atom stereocenters. The Morgan fingerprint density at radius 3 is 2.73 bits per heavy atom. The maximum Gasteiger partial charge on any atom is 0.257 e. The van der Waals surface area contributed by atoms with Gasteiger partial charge in [-0.1, -0.05) is 18.2 Å². The van der Waals surface area contributed by atoms with Crippen molar-refractivity contribution in [3.05, 3.63) is 66.0 Å². The van der Waals surface area contributed by atoms with Crippen LogP contribution in [0.5, 0.6) is 0 Å². The van der Waals surface area contributed by atoms with E-state index in [1.54, 1.807) is 6.20 Å². The number of likely N-dealkylation sites (tertiary alicyclic amines) is 1. The summed E-state index contributed by atoms with van der Waals surface area (Å²) < 4.78 is 3.96. The number of para-hydroxylation sites is 1. The summed E-state index contributed by atoms with van der Waals surface area (Å²) in [7, 11) is 0. The van der Waals surface area contributed by atoms with Gasteiger partial charge in [-0.05, 0) is 38.8 Å². The smallest absolute Gasteiger partial charge is 0.257 e. The molecule has 26 heavy (non-hydrogen) atoms. The lowest BCUT2D eigenvalue weighted by molar-refractivity contribution is 0.0678. The number of benzene rings is 1. The monoisotopic (exact) mass is 349 g/mol. The van der Waals surface area contributed by atoms with Gasteiger partial charge in [-0.2, -0.15) is 5.10 Å². The molecule has 4 rings (SSSR count). The summed E-state index contributed by atoms with van der Waals surface area (Å²) in [5, 5.41) is 4.62. The van der Waals surface area contributed by atoms with E-state index in [1.165, 1.54) is 0 Å². The summed E-state index contributed by atoms with van der Waals surface area (Å²) in [5.41, 5.74) is 3.37. The topological polar surface area (TPSA) is 56.0 Å². The second-order valence-electron chi connectivity index (χ2n) is 6.85. The average molecular weight is 349 g/mol. The first-order valence-corrected chi connectivity index (χ1v) is 9.03. The maximum atomic E-state index is 13.2. The van der Waals surface area contributed by atoms with E-state index in [9.17, 15) is 4.79 Å². The zero-order valence-electron chi connectivity index (χ0n) is 15.2. The van der Waals surface area contributed by atoms with Crippen LogP contribution in [0.3, 0.4) is 0 Å². The van der Waals surface area contributed by atoms with E-state index in [1.807, 2.05) is 66.3 Å². The van der Waals surface area contributed by atoms with Gasteiger partial charge in [0.25, 0.3) is 5.91 Å². The molecule has 0 saturated carbocycles. The van der Waals surface area contributed by atoms with Crippen LogP contribution in [0.15, 0.2) is 49.1 Å². The molecule has 0 N–H and O–H groups in total. The third kappa shape index (κ3) is 2.92. The number of hydrogen-bond donors (Lipinski definition) is 0. The third-order valence-electron chi connectivity index (χ3n) is 5.14. The first kappa shape index (κ1) is 16.6. The lowest BCUT2D eigenvalue weighted by Gasteiger charge is -2.33. The number of rotatable bonds is 3. The van der Waals surface area contributed by atoms with Crippen LogP contribution in [0, 0.1) is 13.8 Å². The van der Waals surface area contributed by atoms with Crippen LogP contribution in [-0.4, -0.2) is 43.2 Å². The number of imidazole rings is 1. The van der Waals surface area contributed by atoms with Crippen molar-refractivity contribution in [2.75, 3.05) is 13.1 Å². The van der Waals surface area contributed by atoms with Crippen LogP contribution in [0.25, 0.3) is 5.69 Å². The Bertz CT molecular complexity index is 898. The Morgan fingerprint density at radius 2 is 2.00 bits per heavy atom. The first-order valence-electron chi connectivity index (χ1n) is 9.03. The van der Waals surface area contributed by atoms with E-state index in [0.29, 0.717) is 12.6 Å². The number of aryl methyl sites for hydroxylation is 1. The Kier molecular flexibility index (Phi) is 4.32. The van der Waals surface area contributed by atoms with Gasteiger partial charge in [0.1, 0.15) is 0 Å². The Morgan fingerprint density at radius 1 is 1.19 bits per heavy atom. The first-order chi connectivity index (χ1) is 12.6. The van der Waals surface area contributed by atoms with Crippen LogP contribution >= 0.6 is 0 Å². The van der Waals surface area contributed by atoms with Gasteiger partial charge in [-0.15, -0.1) is 0 Å². The molecule has 1 atom stereocenters. The van der Waals surface area contributed by atoms with E-state index >= 15 is 0 Å². The highest BCUT2D eigenvalue weighted by Gasteiger charge is 2.29. The molecule has 0 radical (unpaired) electrons. The predicted octanol–water partition coefficient (Wildman–Crippen LogP) is 3.16. The molecule has 1 aliphatic heterocycles. The highest BCUT2D eigenvalue weighted by Crippen LogP contribution is 2.25. The molecule has 2 aromatic heterocycles. The fourth-order valence-electron chi connectivity index (χ4n) is 3.80. The summed E-state index contributed by atoms with van der Waals surface area (Å²) in [6.07, 6.45) is 7.67. The third-order valence-corrected chi connectivity index (χ3v) is 5.14. The van der Waals surface area contributed by atoms with Gasteiger partial charge in [0.2, 0.25) is 0 Å². The fourth-order valence-corrected chi connectivity index (χ4v) is 3.80. The summed E-state index contributed by atoms with van der Waals surface area (Å²) >= 11 is 0. The number of carbonyl (C=O) groups excluding carboxylic acids is 1. The lowest BCUT2D eigenvalue weighted by atomic mass is 10.0. The second kappa shape index (κ2) is 6.78. The molecule has 1 amide bonds. The van der Waals surface area contributed by atoms with Crippen LogP contribution in [0.1, 0.15) is 40.6 Å². The second-order valence-corrected chi connectivity index (χ2v) is 6.85. The van der Waals surface area contributed by atoms with Crippen molar-refractivity contribution in [2.24, 2.45) is 0 Å². The zero-order chi connectivity index (χ0) is 18.1. The van der Waals surface area contributed by atoms with E-state index in [0.717, 1.165) is 42.0 Å². The number of carbonyl (C=O) groups is 1. The fraction of sp³-hybridized carbons (Fsp3) is 0.350. The van der Waals surface area contributed by atoms with Gasteiger partial charge >= 0.3 is 0 Å². The lowest BCUT2D eigenvalue weighted by Crippen LogP contribution is -2.40. The van der Waals surface area contributed by atoms with E-state index in [-0.39, 0.29) is 5.91 Å². The van der Waals surface area contributed by atoms with Gasteiger partial charge in [-0.25, -0.2) is 9.67 Å². The van der Waals surface area contributed by atoms with Crippen LogP contribution in [0.2, 0.25) is 0 Å². The van der Waals surface area contributed by atoms with Crippen molar-refractivity contribution >= 4 is 5.91 Å². The van der Waals surface area contributed by atoms with Crippen molar-refractivity contribution in [3.63, 3.8) is 0 Å². The molecule has 6 nitrogen and oxygen atoms in total. The molecular formula is C20H23N5O. The van der Waals surface area contributed by atoms with E-state index in [4.69, 9.17) is 0 Å². The molecule has 0 aliphatic carbocycles. The minimum atomic E-state index is 0.0759. The van der Waals surface area contributed by atoms with Crippen molar-refractivity contribution in [3.8, 4) is 5.69 Å². The van der Waals surface area contributed by atoms with E-state index < -0.39 is 0 Å². The number of amides is 1. The molecule has 0 spiro atoms. The minimum absolute atomic E-state index is 0.0759. The molecule has 1 aromatic carbocycles. The Balaban J connectivity index is 1.61. The highest BCUT2D eigenvalue weighted by molar-refractivity contribution is 5.96. The largest absolute Gasteiger partial charge is 0.336 e. The summed E-state index contributed by atoms with van der Waals surface area (Å²) in [5.74, 6) is 0.0759. The van der Waals surface area contributed by atoms with Crippen molar-refractivity contribution in [1.82, 2.24) is 24.2 Å². The quantitative estimate of drug-likeness (QED) is 0.730. The summed E-state index contributed by atoms with van der Waals surface area (Å²) in [4.78, 5) is 19.3. The number of nitrogens with zero attached hydrogens (tertiary/aromatic N) is 5. The van der Waals surface area contributed by atoms with Gasteiger partial charge < -0.3 is 9.47 Å². The van der Waals surface area contributed by atoms with Gasteiger partial charge in [0.05, 0.1) is 35.0 Å². The predicted molar refractivity (Wildman–Crippen MR) is 99.4 cm³/mol. The summed E-state index contributed by atoms with van der Waals surface area (Å²) in [6.45, 7) is 5.39. The SMILES string of the molecule is Cc1nn(-c2ccccc2)c(C)c1C(=O)N1CCCC(n2ccnc2)C1. The Hall–Kier alpha value is -2.89. The van der Waals surface area contributed by atoms with Gasteiger partial charge in [0, 0.05) is 25.5 Å². The number of hydrogen-bond acceptors (Lipinski definition) is 3. The molecule has 134 valence electrons. The number of piperidine rings is 1. The normalized spacial score (nSPS) is 17.5. The van der Waals surface area contributed by atoms with Crippen molar-refractivity contribution in [2.45, 2.75) is 32.7 Å². The highest BCUT2D eigenvalue weighted by atomic mass is 16.2. The average Bonchev–Trinajstić information content (AvgIpc) is 3.30. The molecule has 6 heteroatoms. The molecule has 3 heterocycles. The van der Waals surface area contributed by atoms with Crippen molar-refractivity contribution < 1.29 is 4.79 Å². The molecule has 0 bridgehead atoms. The number of aromatic nitrogens is 4. The maximum absolute atomic E-state index is 13.2. The summed E-state index contributed by atoms with van der Waals surface area (Å²) in [6, 6.07) is 10.2. The van der Waals surface area contributed by atoms with Crippen LogP contribution in [-0.2, 0) is 0 Å². The van der Waals surface area contributed by atoms with E-state index in [2.05, 4.69) is 14.6 Å². The van der Waals surface area contributed by atoms with Crippen LogP contribution < -0.4 is 0 Å². The zero-order valence-corrected chi connectivity index (χ0v) is 15.2. The molecular weight excluding hydrogens is 326 g/mol. The van der Waals surface area contributed by atoms with Crippen molar-refractivity contribution in [1.29, 1.82) is 0 Å². The van der Waals surface area contributed by atoms with Gasteiger partial charge in [0.15, 0.2) is 0 Å². The standard InChI is InChI=1S/C20H23N5O/c1-15-19(16(2)25(22-15)17-7-4-3-5-8-17)20(26)23-11-6-9-18(13-23)24-12-10-21-14-24/h3-5,7-8,10,12,14,18H,6,9,11,13H2,1-2H3.